The zero-order chi connectivity index (χ0) is 12.9. The second-order valence-corrected chi connectivity index (χ2v) is 5.15. The molecule has 1 atom stereocenters. The molecule has 0 saturated carbocycles. The lowest BCUT2D eigenvalue weighted by atomic mass is 10.2. The van der Waals surface area contributed by atoms with Crippen LogP contribution in [0.15, 0.2) is 16.0 Å². The van der Waals surface area contributed by atoms with Crippen LogP contribution in [-0.4, -0.2) is 20.6 Å². The first-order valence-electron chi connectivity index (χ1n) is 5.39. The topological polar surface area (TPSA) is 56.5 Å². The predicted molar refractivity (Wildman–Crippen MR) is 69.3 cm³/mol. The van der Waals surface area contributed by atoms with Gasteiger partial charge in [-0.05, 0) is 13.2 Å². The molecule has 0 fully saturated rings. The number of fused-ring (bicyclic) bond motifs is 2. The number of halogens is 1. The smallest absolute Gasteiger partial charge is 0.266 e. The number of rotatable bonds is 1. The summed E-state index contributed by atoms with van der Waals surface area (Å²) in [6.45, 7) is 2.22. The van der Waals surface area contributed by atoms with Crippen molar-refractivity contribution in [2.75, 3.05) is 6.26 Å². The minimum Gasteiger partial charge on any atom is -0.367 e. The van der Waals surface area contributed by atoms with Gasteiger partial charge in [-0.15, -0.1) is 0 Å². The molecule has 0 saturated heterocycles. The zero-order valence-electron chi connectivity index (χ0n) is 9.81. The van der Waals surface area contributed by atoms with E-state index in [0.717, 1.165) is 0 Å². The maximum atomic E-state index is 12.5. The highest BCUT2D eigenvalue weighted by Crippen LogP contribution is 2.27. The Bertz CT molecular complexity index is 701. The predicted octanol–water partition coefficient (Wildman–Crippen LogP) is 2.06. The number of nitrogens with zero attached hydrogens (tertiary/aromatic N) is 3. The van der Waals surface area contributed by atoms with Crippen molar-refractivity contribution in [3.63, 3.8) is 0 Å². The van der Waals surface area contributed by atoms with E-state index in [1.54, 1.807) is 6.07 Å². The molecule has 0 bridgehead atoms. The third-order valence-electron chi connectivity index (χ3n) is 2.92. The summed E-state index contributed by atoms with van der Waals surface area (Å²) in [5.74, 6) is 0. The van der Waals surface area contributed by atoms with E-state index < -0.39 is 0 Å². The van der Waals surface area contributed by atoms with Gasteiger partial charge in [0.2, 0.25) is 0 Å². The molecule has 2 aromatic heterocycles. The summed E-state index contributed by atoms with van der Waals surface area (Å²) in [5, 5.41) is 0.870. The van der Waals surface area contributed by atoms with Crippen molar-refractivity contribution >= 4 is 29.0 Å². The van der Waals surface area contributed by atoms with Gasteiger partial charge >= 0.3 is 0 Å². The molecule has 0 spiro atoms. The molecular formula is C11H10ClN3O2S. The third kappa shape index (κ3) is 1.64. The van der Waals surface area contributed by atoms with Gasteiger partial charge in [0.1, 0.15) is 10.8 Å². The lowest BCUT2D eigenvalue weighted by Crippen LogP contribution is -2.23. The van der Waals surface area contributed by atoms with Crippen LogP contribution in [0.4, 0.5) is 0 Å². The lowest BCUT2D eigenvalue weighted by molar-refractivity contribution is 0.0782. The van der Waals surface area contributed by atoms with Crippen LogP contribution in [0.3, 0.4) is 0 Å². The summed E-state index contributed by atoms with van der Waals surface area (Å²) in [5.41, 5.74) is 1.71. The molecule has 5 nitrogen and oxygen atoms in total. The molecule has 0 radical (unpaired) electrons. The largest absolute Gasteiger partial charge is 0.367 e. The number of thioether (sulfide) groups is 1. The highest BCUT2D eigenvalue weighted by molar-refractivity contribution is 7.98. The van der Waals surface area contributed by atoms with Crippen molar-refractivity contribution in [3.05, 3.63) is 32.8 Å². The van der Waals surface area contributed by atoms with Crippen LogP contribution >= 0.6 is 23.4 Å². The lowest BCUT2D eigenvalue weighted by Gasteiger charge is -2.08. The van der Waals surface area contributed by atoms with Gasteiger partial charge < -0.3 is 4.74 Å². The standard InChI is InChI=1S/C11H10ClN3O2S/c1-5-9-6(4-17-5)13-8-3-7(12)14-11(18-2)15(8)10(9)16/h3,5H,4H2,1-2H3. The highest BCUT2D eigenvalue weighted by atomic mass is 35.5. The fraction of sp³-hybridized carbons (Fsp3) is 0.364. The maximum absolute atomic E-state index is 12.5. The molecule has 7 heteroatoms. The molecule has 1 aliphatic rings. The van der Waals surface area contributed by atoms with Gasteiger partial charge in [-0.2, -0.15) is 0 Å². The molecule has 0 aromatic carbocycles. The van der Waals surface area contributed by atoms with E-state index in [-0.39, 0.29) is 11.7 Å². The van der Waals surface area contributed by atoms with E-state index in [1.807, 2.05) is 13.2 Å². The van der Waals surface area contributed by atoms with Crippen LogP contribution in [0.5, 0.6) is 0 Å². The van der Waals surface area contributed by atoms with Gasteiger partial charge in [0, 0.05) is 6.07 Å². The third-order valence-corrected chi connectivity index (χ3v) is 3.76. The molecule has 0 N–H and O–H groups in total. The van der Waals surface area contributed by atoms with Crippen molar-refractivity contribution < 1.29 is 4.74 Å². The molecule has 3 rings (SSSR count). The summed E-state index contributed by atoms with van der Waals surface area (Å²) < 4.78 is 6.93. The Balaban J connectivity index is 2.46. The normalized spacial score (nSPS) is 18.3. The Morgan fingerprint density at radius 2 is 2.33 bits per heavy atom. The second kappa shape index (κ2) is 4.22. The number of ether oxygens (including phenoxy) is 1. The summed E-state index contributed by atoms with van der Waals surface area (Å²) in [7, 11) is 0. The Morgan fingerprint density at radius 1 is 1.56 bits per heavy atom. The van der Waals surface area contributed by atoms with Crippen molar-refractivity contribution in [3.8, 4) is 0 Å². The first kappa shape index (κ1) is 12.0. The van der Waals surface area contributed by atoms with Crippen LogP contribution in [0.25, 0.3) is 5.65 Å². The maximum Gasteiger partial charge on any atom is 0.266 e. The van der Waals surface area contributed by atoms with E-state index in [1.165, 1.54) is 16.2 Å². The fourth-order valence-electron chi connectivity index (χ4n) is 2.10. The molecular weight excluding hydrogens is 274 g/mol. The van der Waals surface area contributed by atoms with Crippen molar-refractivity contribution in [2.45, 2.75) is 24.8 Å². The van der Waals surface area contributed by atoms with Gasteiger partial charge in [-0.1, -0.05) is 23.4 Å². The average Bonchev–Trinajstić information content (AvgIpc) is 2.69. The van der Waals surface area contributed by atoms with E-state index in [0.29, 0.717) is 33.8 Å². The van der Waals surface area contributed by atoms with Gasteiger partial charge in [0.25, 0.3) is 5.56 Å². The van der Waals surface area contributed by atoms with E-state index in [2.05, 4.69) is 9.97 Å². The van der Waals surface area contributed by atoms with Gasteiger partial charge in [0.15, 0.2) is 5.16 Å². The summed E-state index contributed by atoms with van der Waals surface area (Å²) in [6.07, 6.45) is 1.62. The van der Waals surface area contributed by atoms with Crippen molar-refractivity contribution in [1.82, 2.24) is 14.4 Å². The Kier molecular flexibility index (Phi) is 2.80. The first-order chi connectivity index (χ1) is 8.61. The summed E-state index contributed by atoms with van der Waals surface area (Å²) in [4.78, 5) is 21.0. The summed E-state index contributed by atoms with van der Waals surface area (Å²) in [6, 6.07) is 1.59. The van der Waals surface area contributed by atoms with Crippen molar-refractivity contribution in [1.29, 1.82) is 0 Å². The average molecular weight is 284 g/mol. The number of hydrogen-bond donors (Lipinski definition) is 0. The van der Waals surface area contributed by atoms with E-state index in [9.17, 15) is 4.79 Å². The number of hydrogen-bond acceptors (Lipinski definition) is 5. The quantitative estimate of drug-likeness (QED) is 0.455. The molecule has 0 amide bonds. The second-order valence-electron chi connectivity index (χ2n) is 3.99. The zero-order valence-corrected chi connectivity index (χ0v) is 11.4. The Labute approximate surface area is 112 Å². The Hall–Kier alpha value is -1.11. The highest BCUT2D eigenvalue weighted by Gasteiger charge is 2.26. The molecule has 1 aliphatic heterocycles. The molecule has 18 heavy (non-hydrogen) atoms. The van der Waals surface area contributed by atoms with Gasteiger partial charge in [-0.3, -0.25) is 4.79 Å². The van der Waals surface area contributed by atoms with Gasteiger partial charge in [0.05, 0.1) is 24.0 Å². The molecule has 1 unspecified atom stereocenters. The molecule has 2 aromatic rings. The fourth-order valence-corrected chi connectivity index (χ4v) is 2.88. The first-order valence-corrected chi connectivity index (χ1v) is 6.99. The summed E-state index contributed by atoms with van der Waals surface area (Å²) >= 11 is 7.28. The van der Waals surface area contributed by atoms with E-state index >= 15 is 0 Å². The minimum atomic E-state index is -0.220. The van der Waals surface area contributed by atoms with Crippen molar-refractivity contribution in [2.24, 2.45) is 0 Å². The SMILES string of the molecule is CSc1nc(Cl)cc2nc3c(c(=O)n12)C(C)OC3. The van der Waals surface area contributed by atoms with Crippen LogP contribution in [-0.2, 0) is 11.3 Å². The molecule has 3 heterocycles. The van der Waals surface area contributed by atoms with Gasteiger partial charge in [-0.25, -0.2) is 14.4 Å². The molecule has 0 aliphatic carbocycles. The number of aromatic nitrogens is 3. The van der Waals surface area contributed by atoms with Crippen LogP contribution < -0.4 is 5.56 Å². The van der Waals surface area contributed by atoms with Crippen LogP contribution in [0, 0.1) is 0 Å². The van der Waals surface area contributed by atoms with Crippen LogP contribution in [0.1, 0.15) is 24.3 Å². The van der Waals surface area contributed by atoms with E-state index in [4.69, 9.17) is 16.3 Å². The minimum absolute atomic E-state index is 0.117. The monoisotopic (exact) mass is 283 g/mol. The Morgan fingerprint density at radius 3 is 3.06 bits per heavy atom. The molecule has 94 valence electrons. The van der Waals surface area contributed by atoms with Crippen LogP contribution in [0.2, 0.25) is 5.15 Å².